The Bertz CT molecular complexity index is 1290. The fourth-order valence-corrected chi connectivity index (χ4v) is 5.42. The van der Waals surface area contributed by atoms with Gasteiger partial charge < -0.3 is 39.1 Å². The first-order chi connectivity index (χ1) is 18.0. The van der Waals surface area contributed by atoms with Gasteiger partial charge in [-0.05, 0) is 30.5 Å². The van der Waals surface area contributed by atoms with E-state index in [1.807, 2.05) is 6.07 Å². The van der Waals surface area contributed by atoms with E-state index in [1.165, 1.54) is 6.07 Å². The second-order valence-electron chi connectivity index (χ2n) is 9.46. The quantitative estimate of drug-likeness (QED) is 0.355. The number of nitrogens with zero attached hydrogens (tertiary/aromatic N) is 2. The average Bonchev–Trinajstić information content (AvgIpc) is 3.64. The Kier molecular flexibility index (Phi) is 6.80. The van der Waals surface area contributed by atoms with E-state index < -0.39 is 18.3 Å². The van der Waals surface area contributed by atoms with E-state index in [0.29, 0.717) is 59.4 Å². The van der Waals surface area contributed by atoms with Gasteiger partial charge in [0.25, 0.3) is 6.01 Å². The molecule has 0 saturated carbocycles. The molecule has 4 heterocycles. The van der Waals surface area contributed by atoms with Crippen LogP contribution in [-0.4, -0.2) is 78.0 Å². The SMILES string of the molecule is COCCCOc1cc(F)c2c(c1)CCC2Nc1nc2nc(O[C@@H]3CO[C@H]4[C@@H]3OC[C@H]4O)[nH]c2cc1Cl. The third-order valence-electron chi connectivity index (χ3n) is 6.96. The predicted octanol–water partition coefficient (Wildman–Crippen LogP) is 3.17. The smallest absolute Gasteiger partial charge is 0.296 e. The van der Waals surface area contributed by atoms with Crippen molar-refractivity contribution in [2.45, 2.75) is 49.7 Å². The summed E-state index contributed by atoms with van der Waals surface area (Å²) in [5.41, 5.74) is 2.51. The molecule has 1 aromatic carbocycles. The molecule has 2 aromatic heterocycles. The van der Waals surface area contributed by atoms with Crippen molar-refractivity contribution < 1.29 is 33.2 Å². The number of methoxy groups -OCH3 is 1. The number of hydrogen-bond donors (Lipinski definition) is 3. The van der Waals surface area contributed by atoms with E-state index in [-0.39, 0.29) is 37.2 Å². The normalized spacial score (nSPS) is 26.4. The van der Waals surface area contributed by atoms with Gasteiger partial charge in [0.15, 0.2) is 11.8 Å². The third-order valence-corrected chi connectivity index (χ3v) is 7.25. The average molecular weight is 535 g/mol. The second kappa shape index (κ2) is 10.2. The van der Waals surface area contributed by atoms with Gasteiger partial charge in [-0.3, -0.25) is 0 Å². The summed E-state index contributed by atoms with van der Waals surface area (Å²) < 4.78 is 42.9. The fraction of sp³-hybridized carbons (Fsp3) is 0.520. The van der Waals surface area contributed by atoms with Crippen LogP contribution in [0.4, 0.5) is 10.2 Å². The number of halogens is 2. The van der Waals surface area contributed by atoms with E-state index in [9.17, 15) is 5.11 Å². The first kappa shape index (κ1) is 24.6. The van der Waals surface area contributed by atoms with Crippen LogP contribution in [0.15, 0.2) is 18.2 Å². The maximum Gasteiger partial charge on any atom is 0.296 e. The van der Waals surface area contributed by atoms with Crippen molar-refractivity contribution >= 4 is 28.6 Å². The van der Waals surface area contributed by atoms with Gasteiger partial charge in [0.2, 0.25) is 0 Å². The number of H-pyrrole nitrogens is 1. The summed E-state index contributed by atoms with van der Waals surface area (Å²) >= 11 is 6.52. The topological polar surface area (TPSA) is 120 Å². The van der Waals surface area contributed by atoms with Gasteiger partial charge in [-0.1, -0.05) is 11.6 Å². The highest BCUT2D eigenvalue weighted by molar-refractivity contribution is 6.33. The Morgan fingerprint density at radius 3 is 2.92 bits per heavy atom. The molecule has 0 bridgehead atoms. The molecule has 6 rings (SSSR count). The molecule has 0 radical (unpaired) electrons. The number of imidazole rings is 1. The standard InChI is InChI=1S/C25H28ClFN4O6/c1-33-5-2-6-34-13-7-12-3-4-16(20(12)15(27)8-13)28-23-14(26)9-17-24(30-23)31-25(29-17)37-19-11-36-21-18(32)10-35-22(19)21/h7-9,16,18-19,21-22,32H,2-6,10-11H2,1H3,(H2,28,29,30,31)/t16?,18-,19-,21-,22-/m1/s1. The summed E-state index contributed by atoms with van der Waals surface area (Å²) in [5, 5.41) is 13.6. The van der Waals surface area contributed by atoms with Crippen LogP contribution in [0.5, 0.6) is 11.8 Å². The highest BCUT2D eigenvalue weighted by atomic mass is 35.5. The van der Waals surface area contributed by atoms with Crippen LogP contribution >= 0.6 is 11.6 Å². The van der Waals surface area contributed by atoms with E-state index in [0.717, 1.165) is 12.0 Å². The summed E-state index contributed by atoms with van der Waals surface area (Å²) in [6.07, 6.45) is 0.327. The van der Waals surface area contributed by atoms with Crippen molar-refractivity contribution in [1.29, 1.82) is 0 Å². The van der Waals surface area contributed by atoms with Crippen molar-refractivity contribution in [2.24, 2.45) is 0 Å². The molecule has 0 spiro atoms. The molecular formula is C25H28ClFN4O6. The molecule has 2 saturated heterocycles. The summed E-state index contributed by atoms with van der Waals surface area (Å²) in [4.78, 5) is 12.1. The number of aromatic amines is 1. The van der Waals surface area contributed by atoms with Crippen LogP contribution in [0.1, 0.15) is 30.0 Å². The van der Waals surface area contributed by atoms with Gasteiger partial charge in [-0.25, -0.2) is 9.37 Å². The third kappa shape index (κ3) is 4.82. The Morgan fingerprint density at radius 1 is 1.19 bits per heavy atom. The number of nitrogens with one attached hydrogen (secondary N) is 2. The fourth-order valence-electron chi connectivity index (χ4n) is 5.22. The summed E-state index contributed by atoms with van der Waals surface area (Å²) in [6.45, 7) is 1.56. The molecule has 0 amide bonds. The predicted molar refractivity (Wildman–Crippen MR) is 132 cm³/mol. The lowest BCUT2D eigenvalue weighted by Gasteiger charge is -2.17. The summed E-state index contributed by atoms with van der Waals surface area (Å²) in [5.74, 6) is 0.611. The number of ether oxygens (including phenoxy) is 5. The van der Waals surface area contributed by atoms with Gasteiger partial charge in [0.05, 0.1) is 36.4 Å². The zero-order valence-electron chi connectivity index (χ0n) is 20.2. The van der Waals surface area contributed by atoms with Crippen LogP contribution in [0, 0.1) is 5.82 Å². The second-order valence-corrected chi connectivity index (χ2v) is 9.87. The van der Waals surface area contributed by atoms with Gasteiger partial charge in [-0.15, -0.1) is 0 Å². The molecule has 3 aliphatic rings. The number of benzene rings is 1. The molecule has 1 unspecified atom stereocenters. The Hall–Kier alpha value is -2.70. The van der Waals surface area contributed by atoms with Crippen LogP contribution in [0.3, 0.4) is 0 Å². The zero-order chi connectivity index (χ0) is 25.5. The van der Waals surface area contributed by atoms with Crippen molar-refractivity contribution in [3.63, 3.8) is 0 Å². The molecular weight excluding hydrogens is 507 g/mol. The number of aromatic nitrogens is 3. The lowest BCUT2D eigenvalue weighted by Crippen LogP contribution is -2.34. The van der Waals surface area contributed by atoms with Crippen LogP contribution < -0.4 is 14.8 Å². The monoisotopic (exact) mass is 534 g/mol. The molecule has 2 fully saturated rings. The van der Waals surface area contributed by atoms with Crippen molar-refractivity contribution in [3.05, 3.63) is 40.2 Å². The Balaban J connectivity index is 1.16. The molecule has 3 N–H and O–H groups in total. The molecule has 12 heteroatoms. The number of aliphatic hydroxyl groups excluding tert-OH is 1. The van der Waals surface area contributed by atoms with Crippen molar-refractivity contribution in [1.82, 2.24) is 15.0 Å². The highest BCUT2D eigenvalue weighted by Crippen LogP contribution is 2.39. The number of hydrogen-bond acceptors (Lipinski definition) is 9. The number of aliphatic hydroxyl groups is 1. The minimum atomic E-state index is -0.658. The maximum absolute atomic E-state index is 15.1. The summed E-state index contributed by atoms with van der Waals surface area (Å²) in [6, 6.07) is 5.00. The van der Waals surface area contributed by atoms with Crippen molar-refractivity contribution in [2.75, 3.05) is 38.9 Å². The number of anilines is 1. The Morgan fingerprint density at radius 2 is 2.05 bits per heavy atom. The van der Waals surface area contributed by atoms with Crippen molar-refractivity contribution in [3.8, 4) is 11.8 Å². The van der Waals surface area contributed by atoms with Crippen LogP contribution in [0.25, 0.3) is 11.2 Å². The zero-order valence-corrected chi connectivity index (χ0v) is 21.0. The molecule has 3 aromatic rings. The van der Waals surface area contributed by atoms with Gasteiger partial charge in [0.1, 0.15) is 35.7 Å². The van der Waals surface area contributed by atoms with Crippen LogP contribution in [0.2, 0.25) is 5.02 Å². The van der Waals surface area contributed by atoms with Gasteiger partial charge >= 0.3 is 0 Å². The molecule has 5 atom stereocenters. The van der Waals surface area contributed by atoms with Gasteiger partial charge in [-0.2, -0.15) is 4.98 Å². The molecule has 10 nitrogen and oxygen atoms in total. The lowest BCUT2D eigenvalue weighted by atomic mass is 10.1. The summed E-state index contributed by atoms with van der Waals surface area (Å²) in [7, 11) is 1.64. The first-order valence-electron chi connectivity index (χ1n) is 12.3. The van der Waals surface area contributed by atoms with E-state index in [2.05, 4.69) is 20.3 Å². The van der Waals surface area contributed by atoms with E-state index in [4.69, 9.17) is 35.3 Å². The number of fused-ring (bicyclic) bond motifs is 3. The molecule has 1 aliphatic carbocycles. The minimum absolute atomic E-state index is 0.217. The largest absolute Gasteiger partial charge is 0.493 e. The highest BCUT2D eigenvalue weighted by Gasteiger charge is 2.48. The van der Waals surface area contributed by atoms with Gasteiger partial charge in [0, 0.05) is 31.8 Å². The number of rotatable bonds is 9. The Labute approximate surface area is 217 Å². The minimum Gasteiger partial charge on any atom is -0.493 e. The maximum atomic E-state index is 15.1. The molecule has 37 heavy (non-hydrogen) atoms. The number of aryl methyl sites for hydroxylation is 1. The molecule has 2 aliphatic heterocycles. The van der Waals surface area contributed by atoms with Crippen LogP contribution in [-0.2, 0) is 20.6 Å². The first-order valence-corrected chi connectivity index (χ1v) is 12.7. The molecule has 198 valence electrons. The van der Waals surface area contributed by atoms with E-state index >= 15 is 4.39 Å². The lowest BCUT2D eigenvalue weighted by molar-refractivity contribution is 0.00706. The number of pyridine rings is 1. The van der Waals surface area contributed by atoms with E-state index in [1.54, 1.807) is 13.2 Å².